The molecule has 0 heterocycles. The molecule has 0 saturated carbocycles. The number of hydrogen-bond acceptors (Lipinski definition) is 3. The molecule has 0 saturated heterocycles. The monoisotopic (exact) mass is 347 g/mol. The number of amides is 1. The Hall–Kier alpha value is -2.20. The fourth-order valence-electron chi connectivity index (χ4n) is 2.40. The van der Waals surface area contributed by atoms with Crippen molar-refractivity contribution in [3.8, 4) is 11.5 Å². The van der Waals surface area contributed by atoms with Crippen LogP contribution in [0.3, 0.4) is 0 Å². The molecule has 128 valence electrons. The first kappa shape index (κ1) is 18.1. The number of methoxy groups -OCH3 is 1. The Morgan fingerprint density at radius 1 is 1.12 bits per heavy atom. The summed E-state index contributed by atoms with van der Waals surface area (Å²) in [7, 11) is 1.62. The van der Waals surface area contributed by atoms with E-state index in [0.717, 1.165) is 27.5 Å². The van der Waals surface area contributed by atoms with Crippen LogP contribution in [-0.2, 0) is 4.79 Å². The van der Waals surface area contributed by atoms with E-state index in [4.69, 9.17) is 21.1 Å². The zero-order chi connectivity index (χ0) is 17.7. The van der Waals surface area contributed by atoms with E-state index in [1.165, 1.54) is 0 Å². The van der Waals surface area contributed by atoms with Crippen LogP contribution in [0.5, 0.6) is 11.5 Å². The zero-order valence-electron chi connectivity index (χ0n) is 14.4. The highest BCUT2D eigenvalue weighted by molar-refractivity contribution is 6.32. The van der Waals surface area contributed by atoms with Gasteiger partial charge in [0.15, 0.2) is 6.61 Å². The molecule has 0 aliphatic rings. The summed E-state index contributed by atoms with van der Waals surface area (Å²) in [4.78, 5) is 12.1. The van der Waals surface area contributed by atoms with Gasteiger partial charge in [0, 0.05) is 5.02 Å². The first-order valence-corrected chi connectivity index (χ1v) is 8.11. The second kappa shape index (κ2) is 8.06. The summed E-state index contributed by atoms with van der Waals surface area (Å²) in [6, 6.07) is 11.1. The third-order valence-corrected chi connectivity index (χ3v) is 4.37. The van der Waals surface area contributed by atoms with Crippen LogP contribution in [0.1, 0.15) is 29.7 Å². The maximum Gasteiger partial charge on any atom is 0.258 e. The first-order chi connectivity index (χ1) is 11.4. The molecule has 0 unspecified atom stereocenters. The Morgan fingerprint density at radius 3 is 2.25 bits per heavy atom. The van der Waals surface area contributed by atoms with Crippen LogP contribution in [0.15, 0.2) is 36.4 Å². The molecule has 1 amide bonds. The molecule has 5 heteroatoms. The van der Waals surface area contributed by atoms with Crippen molar-refractivity contribution in [3.63, 3.8) is 0 Å². The van der Waals surface area contributed by atoms with Crippen LogP contribution in [0.2, 0.25) is 5.02 Å². The number of ether oxygens (including phenoxy) is 2. The van der Waals surface area contributed by atoms with Gasteiger partial charge in [-0.05, 0) is 61.7 Å². The molecule has 4 nitrogen and oxygen atoms in total. The number of carbonyl (C=O) groups is 1. The quantitative estimate of drug-likeness (QED) is 0.851. The smallest absolute Gasteiger partial charge is 0.258 e. The van der Waals surface area contributed by atoms with Gasteiger partial charge in [-0.25, -0.2) is 0 Å². The van der Waals surface area contributed by atoms with Crippen molar-refractivity contribution in [2.24, 2.45) is 0 Å². The normalized spacial score (nSPS) is 11.7. The van der Waals surface area contributed by atoms with Gasteiger partial charge in [0.2, 0.25) is 0 Å². The lowest BCUT2D eigenvalue weighted by atomic mass is 10.1. The van der Waals surface area contributed by atoms with E-state index in [0.29, 0.717) is 5.75 Å². The largest absolute Gasteiger partial charge is 0.497 e. The third-order valence-electron chi connectivity index (χ3n) is 3.77. The molecule has 24 heavy (non-hydrogen) atoms. The average molecular weight is 348 g/mol. The van der Waals surface area contributed by atoms with Gasteiger partial charge in [-0.2, -0.15) is 0 Å². The van der Waals surface area contributed by atoms with Crippen LogP contribution in [0, 0.1) is 13.8 Å². The summed E-state index contributed by atoms with van der Waals surface area (Å²) in [5, 5.41) is 3.64. The number of nitrogens with one attached hydrogen (secondary N) is 1. The van der Waals surface area contributed by atoms with E-state index in [9.17, 15) is 4.79 Å². The van der Waals surface area contributed by atoms with Crippen molar-refractivity contribution in [2.45, 2.75) is 26.8 Å². The molecule has 0 aromatic heterocycles. The van der Waals surface area contributed by atoms with Crippen molar-refractivity contribution in [1.82, 2.24) is 5.32 Å². The van der Waals surface area contributed by atoms with Gasteiger partial charge < -0.3 is 14.8 Å². The van der Waals surface area contributed by atoms with E-state index < -0.39 is 0 Å². The molecular weight excluding hydrogens is 326 g/mol. The van der Waals surface area contributed by atoms with Crippen LogP contribution in [0.25, 0.3) is 0 Å². The molecule has 0 fully saturated rings. The number of carbonyl (C=O) groups excluding carboxylic acids is 1. The molecule has 2 aromatic carbocycles. The SMILES string of the molecule is COc1ccc([C@H](C)NC(=O)COc2cc(C)c(Cl)c(C)c2)cc1. The lowest BCUT2D eigenvalue weighted by Gasteiger charge is -2.15. The van der Waals surface area contributed by atoms with Crippen molar-refractivity contribution in [1.29, 1.82) is 0 Å². The average Bonchev–Trinajstić information content (AvgIpc) is 2.57. The summed E-state index contributed by atoms with van der Waals surface area (Å²) < 4.78 is 10.7. The van der Waals surface area contributed by atoms with E-state index in [-0.39, 0.29) is 18.6 Å². The van der Waals surface area contributed by atoms with Gasteiger partial charge in [-0.1, -0.05) is 23.7 Å². The maximum absolute atomic E-state index is 12.1. The van der Waals surface area contributed by atoms with E-state index in [1.807, 2.05) is 57.2 Å². The molecule has 0 spiro atoms. The van der Waals surface area contributed by atoms with Crippen molar-refractivity contribution < 1.29 is 14.3 Å². The fraction of sp³-hybridized carbons (Fsp3) is 0.316. The standard InChI is InChI=1S/C19H22ClNO3/c1-12-9-17(10-13(2)19(12)20)24-11-18(22)21-14(3)15-5-7-16(23-4)8-6-15/h5-10,14H,11H2,1-4H3,(H,21,22)/t14-/m0/s1. The Morgan fingerprint density at radius 2 is 1.71 bits per heavy atom. The molecule has 1 N–H and O–H groups in total. The second-order valence-corrected chi connectivity index (χ2v) is 6.10. The Kier molecular flexibility index (Phi) is 6.10. The minimum Gasteiger partial charge on any atom is -0.497 e. The first-order valence-electron chi connectivity index (χ1n) is 7.73. The Bertz CT molecular complexity index is 690. The summed E-state index contributed by atoms with van der Waals surface area (Å²) in [6.07, 6.45) is 0. The number of benzene rings is 2. The molecule has 0 aliphatic heterocycles. The highest BCUT2D eigenvalue weighted by Gasteiger charge is 2.11. The lowest BCUT2D eigenvalue weighted by Crippen LogP contribution is -2.31. The second-order valence-electron chi connectivity index (χ2n) is 5.72. The highest BCUT2D eigenvalue weighted by atomic mass is 35.5. The summed E-state index contributed by atoms with van der Waals surface area (Å²) in [5.41, 5.74) is 2.86. The minimum absolute atomic E-state index is 0.0407. The van der Waals surface area contributed by atoms with E-state index in [1.54, 1.807) is 7.11 Å². The molecule has 2 rings (SSSR count). The summed E-state index contributed by atoms with van der Waals surface area (Å²) in [6.45, 7) is 5.71. The van der Waals surface area contributed by atoms with Crippen LogP contribution < -0.4 is 14.8 Å². The van der Waals surface area contributed by atoms with Gasteiger partial charge in [0.25, 0.3) is 5.91 Å². The molecule has 0 radical (unpaired) electrons. The fourth-order valence-corrected chi connectivity index (χ4v) is 2.51. The number of hydrogen-bond donors (Lipinski definition) is 1. The predicted molar refractivity (Wildman–Crippen MR) is 96.0 cm³/mol. The maximum atomic E-state index is 12.1. The molecule has 0 aliphatic carbocycles. The summed E-state index contributed by atoms with van der Waals surface area (Å²) >= 11 is 6.13. The molecule has 2 aromatic rings. The molecule has 1 atom stereocenters. The number of aryl methyl sites for hydroxylation is 2. The molecule has 0 bridgehead atoms. The van der Waals surface area contributed by atoms with Gasteiger partial charge in [-0.15, -0.1) is 0 Å². The van der Waals surface area contributed by atoms with Gasteiger partial charge in [-0.3, -0.25) is 4.79 Å². The van der Waals surface area contributed by atoms with Crippen molar-refractivity contribution >= 4 is 17.5 Å². The third kappa shape index (κ3) is 4.65. The number of halogens is 1. The summed E-state index contributed by atoms with van der Waals surface area (Å²) in [5.74, 6) is 1.25. The number of rotatable bonds is 6. The van der Waals surface area contributed by atoms with E-state index >= 15 is 0 Å². The topological polar surface area (TPSA) is 47.6 Å². The molecular formula is C19H22ClNO3. The zero-order valence-corrected chi connectivity index (χ0v) is 15.1. The van der Waals surface area contributed by atoms with Crippen LogP contribution >= 0.6 is 11.6 Å². The predicted octanol–water partition coefficient (Wildman–Crippen LogP) is 4.22. The van der Waals surface area contributed by atoms with Gasteiger partial charge >= 0.3 is 0 Å². The Balaban J connectivity index is 1.90. The van der Waals surface area contributed by atoms with Gasteiger partial charge in [0.1, 0.15) is 11.5 Å². The van der Waals surface area contributed by atoms with Crippen molar-refractivity contribution in [3.05, 3.63) is 58.1 Å². The van der Waals surface area contributed by atoms with Crippen LogP contribution in [-0.4, -0.2) is 19.6 Å². The highest BCUT2D eigenvalue weighted by Crippen LogP contribution is 2.25. The Labute approximate surface area is 147 Å². The van der Waals surface area contributed by atoms with E-state index in [2.05, 4.69) is 5.32 Å². The lowest BCUT2D eigenvalue weighted by molar-refractivity contribution is -0.123. The van der Waals surface area contributed by atoms with Gasteiger partial charge in [0.05, 0.1) is 13.2 Å². The minimum atomic E-state index is -0.177. The van der Waals surface area contributed by atoms with Crippen molar-refractivity contribution in [2.75, 3.05) is 13.7 Å². The van der Waals surface area contributed by atoms with Crippen LogP contribution in [0.4, 0.5) is 0 Å².